The lowest BCUT2D eigenvalue weighted by Crippen LogP contribution is -2.46. The number of aliphatic carboxylic acids is 1. The van der Waals surface area contributed by atoms with Crippen LogP contribution in [0.4, 0.5) is 5.13 Å². The van der Waals surface area contributed by atoms with Gasteiger partial charge in [-0.1, -0.05) is 0 Å². The van der Waals surface area contributed by atoms with Gasteiger partial charge in [0.1, 0.15) is 0 Å². The van der Waals surface area contributed by atoms with E-state index in [0.29, 0.717) is 0 Å². The standard InChI is InChI=1S/C11H16N2O2S/c1-7-8(2)16-10(12-7)13-11(4-3-5-11)6-9(14)15/h3-6H2,1-2H3,(H,12,13)(H,14,15). The topological polar surface area (TPSA) is 62.2 Å². The third kappa shape index (κ3) is 2.19. The summed E-state index contributed by atoms with van der Waals surface area (Å²) in [6.45, 7) is 4.00. The molecule has 0 radical (unpaired) electrons. The van der Waals surface area contributed by atoms with Gasteiger partial charge in [0.2, 0.25) is 0 Å². The van der Waals surface area contributed by atoms with Gasteiger partial charge < -0.3 is 10.4 Å². The quantitative estimate of drug-likeness (QED) is 0.849. The third-order valence-corrected chi connectivity index (χ3v) is 4.19. The lowest BCUT2D eigenvalue weighted by molar-refractivity contribution is -0.138. The number of rotatable bonds is 4. The molecule has 1 fully saturated rings. The molecule has 16 heavy (non-hydrogen) atoms. The summed E-state index contributed by atoms with van der Waals surface area (Å²) in [6.07, 6.45) is 3.14. The van der Waals surface area contributed by atoms with Gasteiger partial charge in [0.25, 0.3) is 0 Å². The number of carboxylic acids is 1. The molecule has 1 aliphatic rings. The van der Waals surface area contributed by atoms with Gasteiger partial charge >= 0.3 is 5.97 Å². The molecule has 1 aliphatic carbocycles. The summed E-state index contributed by atoms with van der Waals surface area (Å²) < 4.78 is 0. The Bertz CT molecular complexity index is 391. The molecule has 1 heterocycles. The van der Waals surface area contributed by atoms with E-state index in [9.17, 15) is 4.79 Å². The Balaban J connectivity index is 2.09. The summed E-state index contributed by atoms with van der Waals surface area (Å²) in [5.41, 5.74) is 0.778. The zero-order valence-corrected chi connectivity index (χ0v) is 10.4. The maximum absolute atomic E-state index is 10.8. The summed E-state index contributed by atoms with van der Waals surface area (Å²) in [5, 5.41) is 13.1. The highest BCUT2D eigenvalue weighted by Crippen LogP contribution is 2.39. The average molecular weight is 240 g/mol. The Morgan fingerprint density at radius 1 is 1.56 bits per heavy atom. The Labute approximate surface area is 98.7 Å². The molecule has 1 aromatic rings. The minimum Gasteiger partial charge on any atom is -0.481 e. The van der Waals surface area contributed by atoms with E-state index in [1.807, 2.05) is 13.8 Å². The molecule has 4 nitrogen and oxygen atoms in total. The zero-order chi connectivity index (χ0) is 11.8. The fraction of sp³-hybridized carbons (Fsp3) is 0.636. The van der Waals surface area contributed by atoms with Crippen LogP contribution in [-0.4, -0.2) is 21.6 Å². The summed E-state index contributed by atoms with van der Waals surface area (Å²) in [4.78, 5) is 16.4. The van der Waals surface area contributed by atoms with Crippen molar-refractivity contribution < 1.29 is 9.90 Å². The normalized spacial score (nSPS) is 17.9. The predicted octanol–water partition coefficient (Wildman–Crippen LogP) is 2.57. The van der Waals surface area contributed by atoms with Crippen molar-refractivity contribution in [1.29, 1.82) is 0 Å². The van der Waals surface area contributed by atoms with Crippen LogP contribution < -0.4 is 5.32 Å². The van der Waals surface area contributed by atoms with Gasteiger partial charge in [0.05, 0.1) is 12.1 Å². The maximum atomic E-state index is 10.8. The monoisotopic (exact) mass is 240 g/mol. The van der Waals surface area contributed by atoms with Crippen LogP contribution in [0.5, 0.6) is 0 Å². The first-order chi connectivity index (χ1) is 7.51. The van der Waals surface area contributed by atoms with E-state index in [-0.39, 0.29) is 12.0 Å². The highest BCUT2D eigenvalue weighted by atomic mass is 32.1. The fourth-order valence-electron chi connectivity index (χ4n) is 1.99. The van der Waals surface area contributed by atoms with Crippen LogP contribution in [0.3, 0.4) is 0 Å². The second-order valence-corrected chi connectivity index (χ2v) is 5.69. The first kappa shape index (κ1) is 11.4. The van der Waals surface area contributed by atoms with Crippen LogP contribution in [0.25, 0.3) is 0 Å². The molecule has 2 N–H and O–H groups in total. The van der Waals surface area contributed by atoms with Gasteiger partial charge in [-0.3, -0.25) is 4.79 Å². The van der Waals surface area contributed by atoms with E-state index in [1.165, 1.54) is 4.88 Å². The first-order valence-electron chi connectivity index (χ1n) is 5.45. The molecule has 0 bridgehead atoms. The van der Waals surface area contributed by atoms with Crippen molar-refractivity contribution in [2.45, 2.75) is 45.1 Å². The highest BCUT2D eigenvalue weighted by molar-refractivity contribution is 7.15. The lowest BCUT2D eigenvalue weighted by Gasteiger charge is -2.41. The van der Waals surface area contributed by atoms with E-state index in [2.05, 4.69) is 10.3 Å². The van der Waals surface area contributed by atoms with Crippen LogP contribution in [0.1, 0.15) is 36.3 Å². The van der Waals surface area contributed by atoms with Crippen molar-refractivity contribution in [3.8, 4) is 0 Å². The number of nitrogens with zero attached hydrogens (tertiary/aromatic N) is 1. The molecule has 1 saturated carbocycles. The summed E-state index contributed by atoms with van der Waals surface area (Å²) in [7, 11) is 0. The summed E-state index contributed by atoms with van der Waals surface area (Å²) >= 11 is 1.60. The van der Waals surface area contributed by atoms with Crippen molar-refractivity contribution >= 4 is 22.4 Å². The molecule has 0 atom stereocenters. The second-order valence-electron chi connectivity index (χ2n) is 4.49. The molecule has 1 aromatic heterocycles. The van der Waals surface area contributed by atoms with Crippen molar-refractivity contribution in [2.24, 2.45) is 0 Å². The Morgan fingerprint density at radius 2 is 2.25 bits per heavy atom. The molecular formula is C11H16N2O2S. The number of aromatic nitrogens is 1. The summed E-state index contributed by atoms with van der Waals surface area (Å²) in [5.74, 6) is -0.739. The first-order valence-corrected chi connectivity index (χ1v) is 6.26. The van der Waals surface area contributed by atoms with E-state index >= 15 is 0 Å². The average Bonchev–Trinajstić information content (AvgIpc) is 2.41. The summed E-state index contributed by atoms with van der Waals surface area (Å²) in [6, 6.07) is 0. The van der Waals surface area contributed by atoms with E-state index in [4.69, 9.17) is 5.11 Å². The van der Waals surface area contributed by atoms with Gasteiger partial charge in [-0.2, -0.15) is 0 Å². The van der Waals surface area contributed by atoms with Gasteiger partial charge in [-0.05, 0) is 33.1 Å². The molecule has 0 unspecified atom stereocenters. The molecule has 88 valence electrons. The zero-order valence-electron chi connectivity index (χ0n) is 9.54. The molecule has 0 amide bonds. The van der Waals surface area contributed by atoms with Gasteiger partial charge in [0, 0.05) is 10.4 Å². The van der Waals surface area contributed by atoms with E-state index < -0.39 is 5.97 Å². The van der Waals surface area contributed by atoms with Crippen molar-refractivity contribution in [2.75, 3.05) is 5.32 Å². The number of carboxylic acid groups (broad SMARTS) is 1. The molecule has 0 spiro atoms. The van der Waals surface area contributed by atoms with Crippen LogP contribution in [-0.2, 0) is 4.79 Å². The number of hydrogen-bond acceptors (Lipinski definition) is 4. The number of hydrogen-bond donors (Lipinski definition) is 2. The van der Waals surface area contributed by atoms with Gasteiger partial charge in [-0.25, -0.2) is 4.98 Å². The van der Waals surface area contributed by atoms with Gasteiger partial charge in [0.15, 0.2) is 5.13 Å². The molecule has 5 heteroatoms. The minimum absolute atomic E-state index is 0.185. The van der Waals surface area contributed by atoms with Crippen molar-refractivity contribution in [3.63, 3.8) is 0 Å². The maximum Gasteiger partial charge on any atom is 0.305 e. The van der Waals surface area contributed by atoms with E-state index in [1.54, 1.807) is 11.3 Å². The highest BCUT2D eigenvalue weighted by Gasteiger charge is 2.39. The van der Waals surface area contributed by atoms with Crippen LogP contribution in [0.15, 0.2) is 0 Å². The van der Waals surface area contributed by atoms with Crippen LogP contribution in [0, 0.1) is 13.8 Å². The Hall–Kier alpha value is -1.10. The third-order valence-electron chi connectivity index (χ3n) is 3.20. The molecule has 0 aliphatic heterocycles. The van der Waals surface area contributed by atoms with Crippen molar-refractivity contribution in [1.82, 2.24) is 4.98 Å². The molecular weight excluding hydrogens is 224 g/mol. The molecule has 2 rings (SSSR count). The lowest BCUT2D eigenvalue weighted by atomic mass is 9.74. The Morgan fingerprint density at radius 3 is 2.62 bits per heavy atom. The number of aryl methyl sites for hydroxylation is 2. The van der Waals surface area contributed by atoms with Crippen molar-refractivity contribution in [3.05, 3.63) is 10.6 Å². The molecule has 0 saturated heterocycles. The number of thiazole rings is 1. The number of anilines is 1. The minimum atomic E-state index is -0.739. The second kappa shape index (κ2) is 4.05. The smallest absolute Gasteiger partial charge is 0.305 e. The fourth-order valence-corrected chi connectivity index (χ4v) is 2.93. The van der Waals surface area contributed by atoms with E-state index in [0.717, 1.165) is 30.1 Å². The van der Waals surface area contributed by atoms with Gasteiger partial charge in [-0.15, -0.1) is 11.3 Å². The Kier molecular flexibility index (Phi) is 2.88. The predicted molar refractivity (Wildman–Crippen MR) is 64.0 cm³/mol. The number of carbonyl (C=O) groups is 1. The SMILES string of the molecule is Cc1nc(NC2(CC(=O)O)CCC2)sc1C. The van der Waals surface area contributed by atoms with Crippen LogP contribution in [0.2, 0.25) is 0 Å². The number of nitrogens with one attached hydrogen (secondary N) is 1. The molecule has 0 aromatic carbocycles. The van der Waals surface area contributed by atoms with Crippen LogP contribution >= 0.6 is 11.3 Å². The largest absolute Gasteiger partial charge is 0.481 e.